The first kappa shape index (κ1) is 20.3. The average Bonchev–Trinajstić information content (AvgIpc) is 3.16. The standard InChI is InChI=1S/C20H23N5O2.ClH/c26-12-11-22-20(27)15-3-1-14(2-4-15)16-5-6-19-18(13-16)23-24-25(19)17-7-9-21-10-8-17;/h1-6,13,17,21,26H,7-12H2,(H,22,27);1H. The van der Waals surface area contributed by atoms with Gasteiger partial charge in [0.15, 0.2) is 0 Å². The molecule has 1 amide bonds. The largest absolute Gasteiger partial charge is 0.395 e. The Labute approximate surface area is 169 Å². The summed E-state index contributed by atoms with van der Waals surface area (Å²) in [4.78, 5) is 11.9. The van der Waals surface area contributed by atoms with E-state index in [1.807, 2.05) is 18.2 Å². The van der Waals surface area contributed by atoms with Crippen LogP contribution < -0.4 is 10.6 Å². The lowest BCUT2D eigenvalue weighted by Gasteiger charge is -2.22. The van der Waals surface area contributed by atoms with Crippen LogP contribution in [0.1, 0.15) is 29.2 Å². The molecule has 1 saturated heterocycles. The fraction of sp³-hybridized carbons (Fsp3) is 0.350. The molecule has 0 atom stereocenters. The summed E-state index contributed by atoms with van der Waals surface area (Å²) in [6, 6.07) is 14.0. The number of fused-ring (bicyclic) bond motifs is 1. The monoisotopic (exact) mass is 401 g/mol. The number of aromatic nitrogens is 3. The lowest BCUT2D eigenvalue weighted by Crippen LogP contribution is -2.29. The van der Waals surface area contributed by atoms with E-state index < -0.39 is 0 Å². The van der Waals surface area contributed by atoms with E-state index in [-0.39, 0.29) is 31.5 Å². The summed E-state index contributed by atoms with van der Waals surface area (Å²) in [5.74, 6) is -0.184. The second-order valence-corrected chi connectivity index (χ2v) is 6.78. The van der Waals surface area contributed by atoms with Crippen LogP contribution in [-0.4, -0.2) is 52.2 Å². The van der Waals surface area contributed by atoms with Crippen molar-refractivity contribution in [3.8, 4) is 11.1 Å². The van der Waals surface area contributed by atoms with E-state index in [1.54, 1.807) is 12.1 Å². The van der Waals surface area contributed by atoms with Crippen LogP contribution >= 0.6 is 12.4 Å². The lowest BCUT2D eigenvalue weighted by atomic mass is 10.0. The van der Waals surface area contributed by atoms with Crippen LogP contribution in [0.3, 0.4) is 0 Å². The number of nitrogens with zero attached hydrogens (tertiary/aromatic N) is 3. The van der Waals surface area contributed by atoms with Crippen molar-refractivity contribution in [1.29, 1.82) is 0 Å². The third kappa shape index (κ3) is 4.16. The van der Waals surface area contributed by atoms with Gasteiger partial charge in [-0.15, -0.1) is 17.5 Å². The zero-order valence-electron chi connectivity index (χ0n) is 15.5. The molecule has 8 heteroatoms. The van der Waals surface area contributed by atoms with Crippen LogP contribution in [-0.2, 0) is 0 Å². The summed E-state index contributed by atoms with van der Waals surface area (Å²) in [5, 5.41) is 23.6. The molecule has 0 spiro atoms. The molecular formula is C20H24ClN5O2. The molecule has 2 heterocycles. The van der Waals surface area contributed by atoms with Crippen molar-refractivity contribution in [2.45, 2.75) is 18.9 Å². The SMILES string of the molecule is Cl.O=C(NCCO)c1ccc(-c2ccc3c(c2)nnn3C2CCNCC2)cc1. The molecule has 148 valence electrons. The first-order valence-electron chi connectivity index (χ1n) is 9.31. The van der Waals surface area contributed by atoms with E-state index >= 15 is 0 Å². The second kappa shape index (κ2) is 9.14. The normalized spacial score (nSPS) is 14.6. The highest BCUT2D eigenvalue weighted by Crippen LogP contribution is 2.27. The lowest BCUT2D eigenvalue weighted by molar-refractivity contribution is 0.0945. The van der Waals surface area contributed by atoms with Crippen LogP contribution in [0.2, 0.25) is 0 Å². The van der Waals surface area contributed by atoms with Gasteiger partial charge in [-0.05, 0) is 61.3 Å². The smallest absolute Gasteiger partial charge is 0.251 e. The number of piperidine rings is 1. The van der Waals surface area contributed by atoms with Crippen molar-refractivity contribution in [2.75, 3.05) is 26.2 Å². The van der Waals surface area contributed by atoms with Gasteiger partial charge in [-0.3, -0.25) is 4.79 Å². The molecule has 1 aliphatic heterocycles. The van der Waals surface area contributed by atoms with E-state index in [0.717, 1.165) is 48.1 Å². The Bertz CT molecular complexity index is 935. The molecule has 1 aromatic heterocycles. The molecule has 0 aliphatic carbocycles. The highest BCUT2D eigenvalue weighted by atomic mass is 35.5. The minimum atomic E-state index is -0.184. The first-order valence-corrected chi connectivity index (χ1v) is 9.31. The maximum atomic E-state index is 11.9. The van der Waals surface area contributed by atoms with Crippen LogP contribution in [0.4, 0.5) is 0 Å². The molecule has 0 bridgehead atoms. The number of carbonyl (C=O) groups is 1. The number of halogens is 1. The maximum Gasteiger partial charge on any atom is 0.251 e. The van der Waals surface area contributed by atoms with Gasteiger partial charge in [0.25, 0.3) is 5.91 Å². The fourth-order valence-electron chi connectivity index (χ4n) is 3.53. The van der Waals surface area contributed by atoms with E-state index in [1.165, 1.54) is 0 Å². The van der Waals surface area contributed by atoms with E-state index in [2.05, 4.69) is 37.8 Å². The van der Waals surface area contributed by atoms with Crippen LogP contribution in [0.15, 0.2) is 42.5 Å². The molecule has 3 aromatic rings. The molecule has 3 N–H and O–H groups in total. The Morgan fingerprint density at radius 3 is 2.57 bits per heavy atom. The van der Waals surface area contributed by atoms with Gasteiger partial charge >= 0.3 is 0 Å². The number of rotatable bonds is 5. The Hall–Kier alpha value is -2.48. The summed E-state index contributed by atoms with van der Waals surface area (Å²) in [7, 11) is 0. The molecule has 28 heavy (non-hydrogen) atoms. The highest BCUT2D eigenvalue weighted by molar-refractivity contribution is 5.94. The summed E-state index contributed by atoms with van der Waals surface area (Å²) < 4.78 is 2.05. The maximum absolute atomic E-state index is 11.9. The first-order chi connectivity index (χ1) is 13.3. The van der Waals surface area contributed by atoms with Gasteiger partial charge in [0.05, 0.1) is 18.2 Å². The number of nitrogens with one attached hydrogen (secondary N) is 2. The van der Waals surface area contributed by atoms with Gasteiger partial charge in [0.2, 0.25) is 0 Å². The molecule has 7 nitrogen and oxygen atoms in total. The quantitative estimate of drug-likeness (QED) is 0.609. The molecule has 0 unspecified atom stereocenters. The van der Waals surface area contributed by atoms with Crippen molar-refractivity contribution in [2.24, 2.45) is 0 Å². The van der Waals surface area contributed by atoms with Gasteiger partial charge in [0, 0.05) is 12.1 Å². The van der Waals surface area contributed by atoms with E-state index in [9.17, 15) is 4.79 Å². The Kier molecular flexibility index (Phi) is 6.61. The number of aliphatic hydroxyl groups is 1. The van der Waals surface area contributed by atoms with Crippen molar-refractivity contribution >= 4 is 29.3 Å². The minimum absolute atomic E-state index is 0. The van der Waals surface area contributed by atoms with Crippen molar-refractivity contribution in [1.82, 2.24) is 25.6 Å². The average molecular weight is 402 g/mol. The number of aliphatic hydroxyl groups excluding tert-OH is 1. The van der Waals surface area contributed by atoms with Crippen LogP contribution in [0.5, 0.6) is 0 Å². The predicted molar refractivity (Wildman–Crippen MR) is 111 cm³/mol. The highest BCUT2D eigenvalue weighted by Gasteiger charge is 2.18. The number of carbonyl (C=O) groups excluding carboxylic acids is 1. The number of amides is 1. The topological polar surface area (TPSA) is 92.1 Å². The molecule has 2 aromatic carbocycles. The number of benzene rings is 2. The van der Waals surface area contributed by atoms with Gasteiger partial charge in [0.1, 0.15) is 5.52 Å². The van der Waals surface area contributed by atoms with Crippen LogP contribution in [0, 0.1) is 0 Å². The second-order valence-electron chi connectivity index (χ2n) is 6.78. The van der Waals surface area contributed by atoms with Crippen LogP contribution in [0.25, 0.3) is 22.2 Å². The number of hydrogen-bond acceptors (Lipinski definition) is 5. The zero-order chi connectivity index (χ0) is 18.6. The van der Waals surface area contributed by atoms with Gasteiger partial charge in [-0.2, -0.15) is 0 Å². The van der Waals surface area contributed by atoms with E-state index in [4.69, 9.17) is 5.11 Å². The fourth-order valence-corrected chi connectivity index (χ4v) is 3.53. The Morgan fingerprint density at radius 1 is 1.14 bits per heavy atom. The molecule has 1 aliphatic rings. The predicted octanol–water partition coefficient (Wildman–Crippen LogP) is 2.17. The third-order valence-corrected chi connectivity index (χ3v) is 5.00. The van der Waals surface area contributed by atoms with Gasteiger partial charge in [-0.25, -0.2) is 4.68 Å². The summed E-state index contributed by atoms with van der Waals surface area (Å²) in [6.45, 7) is 2.22. The molecular weight excluding hydrogens is 378 g/mol. The summed E-state index contributed by atoms with van der Waals surface area (Å²) in [5.41, 5.74) is 4.58. The molecule has 0 radical (unpaired) electrons. The van der Waals surface area contributed by atoms with Crippen molar-refractivity contribution in [3.05, 3.63) is 48.0 Å². The molecule has 4 rings (SSSR count). The molecule has 0 saturated carbocycles. The summed E-state index contributed by atoms with van der Waals surface area (Å²) in [6.07, 6.45) is 2.14. The number of hydrogen-bond donors (Lipinski definition) is 3. The Morgan fingerprint density at radius 2 is 1.86 bits per heavy atom. The van der Waals surface area contributed by atoms with Crippen molar-refractivity contribution in [3.63, 3.8) is 0 Å². The van der Waals surface area contributed by atoms with Gasteiger partial charge in [-0.1, -0.05) is 23.4 Å². The Balaban J connectivity index is 0.00000225. The van der Waals surface area contributed by atoms with Crippen molar-refractivity contribution < 1.29 is 9.90 Å². The minimum Gasteiger partial charge on any atom is -0.395 e. The van der Waals surface area contributed by atoms with E-state index in [0.29, 0.717) is 11.6 Å². The zero-order valence-corrected chi connectivity index (χ0v) is 16.3. The summed E-state index contributed by atoms with van der Waals surface area (Å²) >= 11 is 0. The molecule has 1 fully saturated rings. The third-order valence-electron chi connectivity index (χ3n) is 5.00. The van der Waals surface area contributed by atoms with Gasteiger partial charge < -0.3 is 15.7 Å².